The van der Waals surface area contributed by atoms with Crippen molar-refractivity contribution < 1.29 is 14.5 Å². The number of hydrogen-bond donors (Lipinski definition) is 2. The van der Waals surface area contributed by atoms with Crippen LogP contribution >= 0.6 is 0 Å². The van der Waals surface area contributed by atoms with Gasteiger partial charge in [0.2, 0.25) is 11.8 Å². The van der Waals surface area contributed by atoms with Crippen molar-refractivity contribution in [1.82, 2.24) is 5.32 Å². The van der Waals surface area contributed by atoms with Crippen LogP contribution in [0, 0.1) is 5.92 Å². The molecule has 5 nitrogen and oxygen atoms in total. The van der Waals surface area contributed by atoms with E-state index in [1.165, 1.54) is 16.0 Å². The summed E-state index contributed by atoms with van der Waals surface area (Å²) in [4.78, 5) is 28.2. The van der Waals surface area contributed by atoms with Crippen molar-refractivity contribution in [3.8, 4) is 0 Å². The van der Waals surface area contributed by atoms with Crippen molar-refractivity contribution in [2.45, 2.75) is 32.9 Å². The summed E-state index contributed by atoms with van der Waals surface area (Å²) in [5, 5.41) is 3.04. The number of carbonyl (C=O) groups excluding carboxylic acids is 2. The second-order valence-electron chi connectivity index (χ2n) is 7.80. The predicted molar refractivity (Wildman–Crippen MR) is 111 cm³/mol. The minimum absolute atomic E-state index is 0.0148. The number of quaternary nitrogens is 1. The van der Waals surface area contributed by atoms with E-state index in [4.69, 9.17) is 0 Å². The molecule has 1 aliphatic rings. The molecule has 0 spiro atoms. The van der Waals surface area contributed by atoms with Gasteiger partial charge < -0.3 is 15.1 Å². The van der Waals surface area contributed by atoms with Crippen LogP contribution < -0.4 is 15.1 Å². The first-order valence-electron chi connectivity index (χ1n) is 10.0. The Balaban J connectivity index is 1.60. The molecule has 1 fully saturated rings. The van der Waals surface area contributed by atoms with Crippen molar-refractivity contribution in [1.29, 1.82) is 0 Å². The van der Waals surface area contributed by atoms with E-state index in [2.05, 4.69) is 38.5 Å². The van der Waals surface area contributed by atoms with Gasteiger partial charge in [-0.25, -0.2) is 0 Å². The quantitative estimate of drug-likeness (QED) is 0.766. The zero-order valence-corrected chi connectivity index (χ0v) is 17.0. The van der Waals surface area contributed by atoms with Gasteiger partial charge in [0.15, 0.2) is 0 Å². The van der Waals surface area contributed by atoms with Gasteiger partial charge in [-0.2, -0.15) is 0 Å². The predicted octanol–water partition coefficient (Wildman–Crippen LogP) is 1.56. The molecule has 5 heteroatoms. The number of nitrogens with one attached hydrogen (secondary N) is 2. The first-order chi connectivity index (χ1) is 13.5. The molecule has 0 unspecified atom stereocenters. The SMILES string of the molecule is CCc1ccc(N2C[C@H](C(=O)NCc3ccccc3C[NH+](C)C)CC2=O)cc1. The normalized spacial score (nSPS) is 16.6. The summed E-state index contributed by atoms with van der Waals surface area (Å²) in [7, 11) is 4.22. The molecule has 28 heavy (non-hydrogen) atoms. The van der Waals surface area contributed by atoms with E-state index < -0.39 is 0 Å². The van der Waals surface area contributed by atoms with Crippen LogP contribution in [0.5, 0.6) is 0 Å². The molecular formula is C23H30N3O2+. The highest BCUT2D eigenvalue weighted by Crippen LogP contribution is 2.25. The molecule has 0 radical (unpaired) electrons. The molecule has 0 bridgehead atoms. The lowest BCUT2D eigenvalue weighted by Crippen LogP contribution is -3.04. The summed E-state index contributed by atoms with van der Waals surface area (Å²) in [5.41, 5.74) is 4.48. The third kappa shape index (κ3) is 4.78. The highest BCUT2D eigenvalue weighted by molar-refractivity contribution is 6.00. The van der Waals surface area contributed by atoms with Crippen LogP contribution in [0.4, 0.5) is 5.69 Å². The second kappa shape index (κ2) is 9.02. The number of amides is 2. The van der Waals surface area contributed by atoms with E-state index in [1.807, 2.05) is 36.4 Å². The number of carbonyl (C=O) groups is 2. The minimum Gasteiger partial charge on any atom is -0.352 e. The molecule has 0 aromatic heterocycles. The van der Waals surface area contributed by atoms with E-state index in [-0.39, 0.29) is 24.2 Å². The van der Waals surface area contributed by atoms with E-state index in [1.54, 1.807) is 4.90 Å². The lowest BCUT2D eigenvalue weighted by Gasteiger charge is -2.17. The Labute approximate surface area is 167 Å². The number of aryl methyl sites for hydroxylation is 1. The molecule has 0 aliphatic carbocycles. The van der Waals surface area contributed by atoms with Crippen LogP contribution in [0.25, 0.3) is 0 Å². The molecule has 2 aromatic rings. The maximum absolute atomic E-state index is 12.7. The number of anilines is 1. The standard InChI is InChI=1S/C23H29N3O2/c1-4-17-9-11-21(12-10-17)26-16-20(13-22(26)27)23(28)24-14-18-7-5-6-8-19(18)15-25(2)3/h5-12,20H,4,13-16H2,1-3H3,(H,24,28)/p+1/t20-/m1/s1. The number of nitrogens with zero attached hydrogens (tertiary/aromatic N) is 1. The lowest BCUT2D eigenvalue weighted by atomic mass is 10.1. The highest BCUT2D eigenvalue weighted by Gasteiger charge is 2.35. The van der Waals surface area contributed by atoms with Gasteiger partial charge in [0.05, 0.1) is 20.0 Å². The van der Waals surface area contributed by atoms with Gasteiger partial charge in [-0.05, 0) is 29.7 Å². The van der Waals surface area contributed by atoms with Crippen molar-refractivity contribution in [2.75, 3.05) is 25.5 Å². The van der Waals surface area contributed by atoms with Crippen LogP contribution in [0.15, 0.2) is 48.5 Å². The summed E-state index contributed by atoms with van der Waals surface area (Å²) in [6.07, 6.45) is 1.24. The van der Waals surface area contributed by atoms with Crippen molar-refractivity contribution in [2.24, 2.45) is 5.92 Å². The fourth-order valence-electron chi connectivity index (χ4n) is 3.65. The maximum atomic E-state index is 12.7. The molecule has 1 atom stereocenters. The Morgan fingerprint density at radius 1 is 1.11 bits per heavy atom. The lowest BCUT2D eigenvalue weighted by molar-refractivity contribution is -0.872. The van der Waals surface area contributed by atoms with Gasteiger partial charge in [0.1, 0.15) is 6.54 Å². The van der Waals surface area contributed by atoms with Gasteiger partial charge in [0.25, 0.3) is 0 Å². The monoisotopic (exact) mass is 380 g/mol. The molecule has 1 aliphatic heterocycles. The van der Waals surface area contributed by atoms with Crippen molar-refractivity contribution >= 4 is 17.5 Å². The molecule has 148 valence electrons. The van der Waals surface area contributed by atoms with Gasteiger partial charge >= 0.3 is 0 Å². The van der Waals surface area contributed by atoms with E-state index in [0.29, 0.717) is 13.1 Å². The summed E-state index contributed by atoms with van der Waals surface area (Å²) in [6, 6.07) is 16.2. The zero-order chi connectivity index (χ0) is 20.1. The summed E-state index contributed by atoms with van der Waals surface area (Å²) < 4.78 is 0. The molecule has 0 saturated carbocycles. The van der Waals surface area contributed by atoms with Crippen LogP contribution in [0.3, 0.4) is 0 Å². The van der Waals surface area contributed by atoms with E-state index in [9.17, 15) is 9.59 Å². The Morgan fingerprint density at radius 2 is 1.79 bits per heavy atom. The summed E-state index contributed by atoms with van der Waals surface area (Å²) in [6.45, 7) is 3.96. The van der Waals surface area contributed by atoms with Crippen LogP contribution in [0.1, 0.15) is 30.0 Å². The fraction of sp³-hybridized carbons (Fsp3) is 0.391. The molecule has 3 rings (SSSR count). The fourth-order valence-corrected chi connectivity index (χ4v) is 3.65. The van der Waals surface area contributed by atoms with Crippen LogP contribution in [0.2, 0.25) is 0 Å². The second-order valence-corrected chi connectivity index (χ2v) is 7.80. The van der Waals surface area contributed by atoms with Gasteiger partial charge in [-0.15, -0.1) is 0 Å². The molecule has 2 aromatic carbocycles. The van der Waals surface area contributed by atoms with E-state index >= 15 is 0 Å². The smallest absolute Gasteiger partial charge is 0.227 e. The third-order valence-electron chi connectivity index (χ3n) is 5.27. The van der Waals surface area contributed by atoms with Gasteiger partial charge in [0, 0.05) is 30.8 Å². The molecule has 1 saturated heterocycles. The number of rotatable bonds is 7. The topological polar surface area (TPSA) is 53.9 Å². The summed E-state index contributed by atoms with van der Waals surface area (Å²) >= 11 is 0. The average molecular weight is 381 g/mol. The molecular weight excluding hydrogens is 350 g/mol. The van der Waals surface area contributed by atoms with E-state index in [0.717, 1.165) is 24.2 Å². The zero-order valence-electron chi connectivity index (χ0n) is 17.0. The Bertz CT molecular complexity index is 830. The highest BCUT2D eigenvalue weighted by atomic mass is 16.2. The van der Waals surface area contributed by atoms with Crippen molar-refractivity contribution in [3.63, 3.8) is 0 Å². The third-order valence-corrected chi connectivity index (χ3v) is 5.27. The first kappa shape index (κ1) is 20.1. The number of benzene rings is 2. The van der Waals surface area contributed by atoms with Crippen molar-refractivity contribution in [3.05, 3.63) is 65.2 Å². The maximum Gasteiger partial charge on any atom is 0.227 e. The Morgan fingerprint density at radius 3 is 2.43 bits per heavy atom. The molecule has 2 N–H and O–H groups in total. The molecule has 2 amide bonds. The van der Waals surface area contributed by atoms with Crippen LogP contribution in [-0.4, -0.2) is 32.5 Å². The van der Waals surface area contributed by atoms with Gasteiger partial charge in [-0.3, -0.25) is 9.59 Å². The number of hydrogen-bond acceptors (Lipinski definition) is 2. The Kier molecular flexibility index (Phi) is 6.47. The van der Waals surface area contributed by atoms with Gasteiger partial charge in [-0.1, -0.05) is 43.3 Å². The summed E-state index contributed by atoms with van der Waals surface area (Å²) in [5.74, 6) is -0.334. The van der Waals surface area contributed by atoms with Crippen LogP contribution in [-0.2, 0) is 29.1 Å². The first-order valence-corrected chi connectivity index (χ1v) is 10.0. The minimum atomic E-state index is -0.301. The Hall–Kier alpha value is -2.66. The largest absolute Gasteiger partial charge is 0.352 e. The average Bonchev–Trinajstić information content (AvgIpc) is 3.08. The molecule has 1 heterocycles.